The summed E-state index contributed by atoms with van der Waals surface area (Å²) in [6.45, 7) is 1.62. The van der Waals surface area contributed by atoms with E-state index >= 15 is 0 Å². The lowest BCUT2D eigenvalue weighted by atomic mass is 10.1. The lowest BCUT2D eigenvalue weighted by Crippen LogP contribution is -2.35. The first-order chi connectivity index (χ1) is 6.27. The Balaban J connectivity index is 2.10. The minimum absolute atomic E-state index is 0.366. The van der Waals surface area contributed by atoms with E-state index in [1.165, 1.54) is 0 Å². The number of Topliss-reactive ketones (excluding diaryl/α,β-unsaturated/α-hetero) is 1. The number of nitrogens with zero attached hydrogens (tertiary/aromatic N) is 3. The fraction of sp³-hybridized carbons (Fsp3) is 0.556. The molecule has 0 spiro atoms. The number of hydrogen-bond acceptors (Lipinski definition) is 3. The van der Waals surface area contributed by atoms with Crippen LogP contribution in [-0.2, 0) is 11.8 Å². The number of aromatic nitrogens is 2. The van der Waals surface area contributed by atoms with E-state index in [9.17, 15) is 4.79 Å². The normalized spacial score (nSPS) is 17.9. The maximum atomic E-state index is 11.0. The Hall–Kier alpha value is -1.32. The molecule has 0 N–H and O–H groups in total. The smallest absolute Gasteiger partial charge is 0.205 e. The second-order valence-corrected chi connectivity index (χ2v) is 3.36. The summed E-state index contributed by atoms with van der Waals surface area (Å²) in [6, 6.07) is 0. The van der Waals surface area contributed by atoms with Crippen molar-refractivity contribution in [2.45, 2.75) is 12.8 Å². The Kier molecular flexibility index (Phi) is 2.04. The van der Waals surface area contributed by atoms with E-state index < -0.39 is 0 Å². The molecular weight excluding hydrogens is 166 g/mol. The predicted molar refractivity (Wildman–Crippen MR) is 49.7 cm³/mol. The fourth-order valence-electron chi connectivity index (χ4n) is 1.62. The zero-order chi connectivity index (χ0) is 9.26. The molecule has 0 radical (unpaired) electrons. The Morgan fingerprint density at radius 1 is 1.38 bits per heavy atom. The molecule has 0 aromatic carbocycles. The second-order valence-electron chi connectivity index (χ2n) is 3.36. The van der Waals surface area contributed by atoms with Gasteiger partial charge < -0.3 is 9.47 Å². The molecule has 13 heavy (non-hydrogen) atoms. The van der Waals surface area contributed by atoms with Crippen LogP contribution in [0.15, 0.2) is 12.4 Å². The Morgan fingerprint density at radius 2 is 2.08 bits per heavy atom. The monoisotopic (exact) mass is 179 g/mol. The van der Waals surface area contributed by atoms with Gasteiger partial charge in [0.25, 0.3) is 0 Å². The molecule has 0 saturated carbocycles. The van der Waals surface area contributed by atoms with Crippen LogP contribution >= 0.6 is 0 Å². The van der Waals surface area contributed by atoms with E-state index in [2.05, 4.69) is 9.88 Å². The maximum absolute atomic E-state index is 11.0. The van der Waals surface area contributed by atoms with E-state index in [1.54, 1.807) is 6.20 Å². The summed E-state index contributed by atoms with van der Waals surface area (Å²) in [4.78, 5) is 17.4. The van der Waals surface area contributed by atoms with Gasteiger partial charge in [0.15, 0.2) is 0 Å². The lowest BCUT2D eigenvalue weighted by Gasteiger charge is -2.26. The number of hydrogen-bond donors (Lipinski definition) is 0. The van der Waals surface area contributed by atoms with Gasteiger partial charge in [-0.05, 0) is 0 Å². The Bertz CT molecular complexity index is 308. The van der Waals surface area contributed by atoms with Crippen LogP contribution in [0.25, 0.3) is 0 Å². The van der Waals surface area contributed by atoms with Crippen molar-refractivity contribution in [2.24, 2.45) is 7.05 Å². The van der Waals surface area contributed by atoms with Crippen LogP contribution in [0.5, 0.6) is 0 Å². The zero-order valence-corrected chi connectivity index (χ0v) is 7.73. The average Bonchev–Trinajstić information content (AvgIpc) is 2.53. The standard InChI is InChI=1S/C9H13N3O/c1-11-7-4-10-9(11)12-5-2-8(13)3-6-12/h4,7H,2-3,5-6H2,1H3. The van der Waals surface area contributed by atoms with E-state index in [1.807, 2.05) is 17.8 Å². The molecule has 0 amide bonds. The van der Waals surface area contributed by atoms with Gasteiger partial charge in [-0.25, -0.2) is 4.98 Å². The molecule has 0 unspecified atom stereocenters. The van der Waals surface area contributed by atoms with Crippen molar-refractivity contribution in [3.05, 3.63) is 12.4 Å². The number of rotatable bonds is 1. The molecule has 2 heterocycles. The molecule has 0 aliphatic carbocycles. The molecule has 1 fully saturated rings. The van der Waals surface area contributed by atoms with Crippen LogP contribution in [0.2, 0.25) is 0 Å². The molecule has 1 aromatic heterocycles. The van der Waals surface area contributed by atoms with E-state index in [4.69, 9.17) is 0 Å². The molecule has 2 rings (SSSR count). The Morgan fingerprint density at radius 3 is 2.62 bits per heavy atom. The molecule has 0 bridgehead atoms. The van der Waals surface area contributed by atoms with Crippen molar-refractivity contribution in [2.75, 3.05) is 18.0 Å². The molecule has 1 aliphatic rings. The molecule has 1 saturated heterocycles. The zero-order valence-electron chi connectivity index (χ0n) is 7.73. The lowest BCUT2D eigenvalue weighted by molar-refractivity contribution is -0.119. The number of anilines is 1. The molecule has 0 atom stereocenters. The fourth-order valence-corrected chi connectivity index (χ4v) is 1.62. The van der Waals surface area contributed by atoms with Crippen LogP contribution in [-0.4, -0.2) is 28.4 Å². The Labute approximate surface area is 77.2 Å². The summed E-state index contributed by atoms with van der Waals surface area (Å²) in [5, 5.41) is 0. The average molecular weight is 179 g/mol. The quantitative estimate of drug-likeness (QED) is 0.633. The summed E-state index contributed by atoms with van der Waals surface area (Å²) in [7, 11) is 1.97. The van der Waals surface area contributed by atoms with Crippen molar-refractivity contribution in [3.8, 4) is 0 Å². The number of carbonyl (C=O) groups is 1. The molecule has 4 nitrogen and oxygen atoms in total. The number of piperidine rings is 1. The summed E-state index contributed by atoms with van der Waals surface area (Å²) >= 11 is 0. The first-order valence-electron chi connectivity index (χ1n) is 4.51. The van der Waals surface area contributed by atoms with Crippen molar-refractivity contribution in [1.82, 2.24) is 9.55 Å². The maximum Gasteiger partial charge on any atom is 0.205 e. The summed E-state index contributed by atoms with van der Waals surface area (Å²) < 4.78 is 1.98. The minimum atomic E-state index is 0.366. The van der Waals surface area contributed by atoms with Crippen LogP contribution in [0.4, 0.5) is 5.95 Å². The molecule has 4 heteroatoms. The molecule has 1 aromatic rings. The first kappa shape index (κ1) is 8.29. The summed E-state index contributed by atoms with van der Waals surface area (Å²) in [5.74, 6) is 1.33. The number of aryl methyl sites for hydroxylation is 1. The summed E-state index contributed by atoms with van der Waals surface area (Å²) in [5.41, 5.74) is 0. The van der Waals surface area contributed by atoms with Gasteiger partial charge >= 0.3 is 0 Å². The van der Waals surface area contributed by atoms with Crippen LogP contribution in [0.3, 0.4) is 0 Å². The van der Waals surface area contributed by atoms with Gasteiger partial charge in [-0.2, -0.15) is 0 Å². The van der Waals surface area contributed by atoms with E-state index in [0.29, 0.717) is 18.6 Å². The SMILES string of the molecule is Cn1ccnc1N1CCC(=O)CC1. The highest BCUT2D eigenvalue weighted by Crippen LogP contribution is 2.14. The number of imidazole rings is 1. The van der Waals surface area contributed by atoms with E-state index in [0.717, 1.165) is 19.0 Å². The van der Waals surface area contributed by atoms with Gasteiger partial charge in [-0.1, -0.05) is 0 Å². The van der Waals surface area contributed by atoms with Crippen molar-refractivity contribution in [3.63, 3.8) is 0 Å². The highest BCUT2D eigenvalue weighted by Gasteiger charge is 2.18. The molecule has 1 aliphatic heterocycles. The summed E-state index contributed by atoms with van der Waals surface area (Å²) in [6.07, 6.45) is 5.03. The van der Waals surface area contributed by atoms with Gasteiger partial charge in [0.1, 0.15) is 5.78 Å². The van der Waals surface area contributed by atoms with Crippen LogP contribution in [0.1, 0.15) is 12.8 Å². The van der Waals surface area contributed by atoms with Gasteiger partial charge in [0.05, 0.1) is 0 Å². The van der Waals surface area contributed by atoms with Crippen LogP contribution in [0, 0.1) is 0 Å². The first-order valence-corrected chi connectivity index (χ1v) is 4.51. The third-order valence-electron chi connectivity index (χ3n) is 2.40. The molecular formula is C9H13N3O. The van der Waals surface area contributed by atoms with Crippen LogP contribution < -0.4 is 4.90 Å². The minimum Gasteiger partial charge on any atom is -0.341 e. The van der Waals surface area contributed by atoms with E-state index in [-0.39, 0.29) is 0 Å². The number of carbonyl (C=O) groups excluding carboxylic acids is 1. The predicted octanol–water partition coefficient (Wildman–Crippen LogP) is 0.589. The second kappa shape index (κ2) is 3.20. The van der Waals surface area contributed by atoms with Gasteiger partial charge in [0.2, 0.25) is 5.95 Å². The van der Waals surface area contributed by atoms with Crippen molar-refractivity contribution >= 4 is 11.7 Å². The third-order valence-corrected chi connectivity index (χ3v) is 2.40. The molecule has 70 valence electrons. The van der Waals surface area contributed by atoms with Gasteiger partial charge in [0, 0.05) is 45.4 Å². The van der Waals surface area contributed by atoms with Crippen molar-refractivity contribution in [1.29, 1.82) is 0 Å². The van der Waals surface area contributed by atoms with Crippen molar-refractivity contribution < 1.29 is 4.79 Å². The van der Waals surface area contributed by atoms with Gasteiger partial charge in [-0.3, -0.25) is 4.79 Å². The third kappa shape index (κ3) is 1.56. The highest BCUT2D eigenvalue weighted by atomic mass is 16.1. The topological polar surface area (TPSA) is 38.1 Å². The highest BCUT2D eigenvalue weighted by molar-refractivity contribution is 5.80. The number of ketones is 1. The van der Waals surface area contributed by atoms with Gasteiger partial charge in [-0.15, -0.1) is 0 Å². The largest absolute Gasteiger partial charge is 0.341 e.